The zero-order valence-corrected chi connectivity index (χ0v) is 26.2. The fourth-order valence-electron chi connectivity index (χ4n) is 6.00. The van der Waals surface area contributed by atoms with Crippen LogP contribution < -0.4 is 0 Å². The van der Waals surface area contributed by atoms with Crippen LogP contribution in [-0.4, -0.2) is 15.0 Å². The summed E-state index contributed by atoms with van der Waals surface area (Å²) in [6.45, 7) is 0. The maximum atomic E-state index is 5.05. The van der Waals surface area contributed by atoms with Gasteiger partial charge in [-0.1, -0.05) is 170 Å². The number of nitrogens with zero attached hydrogens (tertiary/aromatic N) is 3. The summed E-state index contributed by atoms with van der Waals surface area (Å²) in [5.41, 5.74) is 12.0. The highest BCUT2D eigenvalue weighted by Gasteiger charge is 2.15. The first-order chi connectivity index (χ1) is 23.8. The highest BCUT2D eigenvalue weighted by atomic mass is 15.0. The molecule has 7 aromatic carbocycles. The number of hydrogen-bond donors (Lipinski definition) is 0. The van der Waals surface area contributed by atoms with Crippen LogP contribution in [0.1, 0.15) is 0 Å². The Hall–Kier alpha value is -6.45. The highest BCUT2D eigenvalue weighted by molar-refractivity contribution is 5.82. The maximum absolute atomic E-state index is 5.05. The first kappa shape index (κ1) is 29.0. The molecule has 3 heteroatoms. The molecule has 0 bridgehead atoms. The van der Waals surface area contributed by atoms with Crippen LogP contribution in [0, 0.1) is 0 Å². The summed E-state index contributed by atoms with van der Waals surface area (Å²) in [5.74, 6) is 1.92. The van der Waals surface area contributed by atoms with Gasteiger partial charge in [-0.25, -0.2) is 15.0 Å². The number of benzene rings is 7. The van der Waals surface area contributed by atoms with Crippen molar-refractivity contribution in [1.82, 2.24) is 15.0 Å². The Labute approximate surface area is 280 Å². The lowest BCUT2D eigenvalue weighted by Gasteiger charge is -2.13. The van der Waals surface area contributed by atoms with Crippen LogP contribution >= 0.6 is 0 Å². The van der Waals surface area contributed by atoms with E-state index in [-0.39, 0.29) is 0 Å². The Morgan fingerprint density at radius 2 is 0.417 bits per heavy atom. The number of hydrogen-bond acceptors (Lipinski definition) is 3. The Balaban J connectivity index is 1.28. The molecule has 8 aromatic rings. The molecule has 0 fully saturated rings. The molecule has 0 amide bonds. The summed E-state index contributed by atoms with van der Waals surface area (Å²) in [6, 6.07) is 65.4. The largest absolute Gasteiger partial charge is 0.208 e. The Kier molecular flexibility index (Phi) is 7.92. The van der Waals surface area contributed by atoms with Gasteiger partial charge in [-0.05, 0) is 62.7 Å². The van der Waals surface area contributed by atoms with Crippen LogP contribution in [0.15, 0.2) is 188 Å². The molecule has 1 aromatic heterocycles. The van der Waals surface area contributed by atoms with Gasteiger partial charge >= 0.3 is 0 Å². The first-order valence-electron chi connectivity index (χ1n) is 16.1. The zero-order chi connectivity index (χ0) is 32.1. The van der Waals surface area contributed by atoms with Crippen molar-refractivity contribution in [2.75, 3.05) is 0 Å². The molecule has 0 aliphatic heterocycles. The fourth-order valence-corrected chi connectivity index (χ4v) is 6.00. The van der Waals surface area contributed by atoms with Crippen LogP contribution in [0.5, 0.6) is 0 Å². The van der Waals surface area contributed by atoms with Gasteiger partial charge < -0.3 is 0 Å². The van der Waals surface area contributed by atoms with Gasteiger partial charge in [0, 0.05) is 16.7 Å². The minimum absolute atomic E-state index is 0.632. The molecule has 8 rings (SSSR count). The minimum atomic E-state index is 0.632. The number of rotatable bonds is 7. The summed E-state index contributed by atoms with van der Waals surface area (Å²) < 4.78 is 0. The lowest BCUT2D eigenvalue weighted by Crippen LogP contribution is -2.00. The van der Waals surface area contributed by atoms with Gasteiger partial charge in [0.2, 0.25) is 0 Å². The van der Waals surface area contributed by atoms with E-state index in [0.717, 1.165) is 38.9 Å². The van der Waals surface area contributed by atoms with E-state index in [2.05, 4.69) is 115 Å². The van der Waals surface area contributed by atoms with Gasteiger partial charge in [-0.15, -0.1) is 0 Å². The maximum Gasteiger partial charge on any atom is 0.164 e. The second-order valence-corrected chi connectivity index (χ2v) is 11.7. The average molecular weight is 614 g/mol. The van der Waals surface area contributed by atoms with E-state index in [1.165, 1.54) is 22.3 Å². The first-order valence-corrected chi connectivity index (χ1v) is 16.1. The van der Waals surface area contributed by atoms with E-state index in [4.69, 9.17) is 15.0 Å². The van der Waals surface area contributed by atoms with Gasteiger partial charge in [0.15, 0.2) is 17.5 Å². The van der Waals surface area contributed by atoms with Crippen molar-refractivity contribution in [3.05, 3.63) is 188 Å². The molecule has 0 aliphatic carbocycles. The SMILES string of the molecule is c1ccc(-c2ccc(-c3cc(-c4ccc(-c5ccccc5)cc4)cc(-c4nc(-c5ccccc5)nc(-c5ccccc5)n4)c3)cc2)cc1. The molecular weight excluding hydrogens is 583 g/mol. The Morgan fingerprint density at radius 3 is 0.750 bits per heavy atom. The molecule has 3 nitrogen and oxygen atoms in total. The third-order valence-electron chi connectivity index (χ3n) is 8.54. The normalized spacial score (nSPS) is 10.9. The van der Waals surface area contributed by atoms with E-state index in [1.807, 2.05) is 72.8 Å². The number of aromatic nitrogens is 3. The van der Waals surface area contributed by atoms with Gasteiger partial charge in [-0.3, -0.25) is 0 Å². The van der Waals surface area contributed by atoms with E-state index in [9.17, 15) is 0 Å². The third-order valence-corrected chi connectivity index (χ3v) is 8.54. The second kappa shape index (κ2) is 13.1. The van der Waals surface area contributed by atoms with Crippen LogP contribution in [-0.2, 0) is 0 Å². The van der Waals surface area contributed by atoms with Crippen molar-refractivity contribution in [2.24, 2.45) is 0 Å². The second-order valence-electron chi connectivity index (χ2n) is 11.7. The predicted octanol–water partition coefficient (Wildman–Crippen LogP) is 11.5. The Morgan fingerprint density at radius 1 is 0.188 bits per heavy atom. The summed E-state index contributed by atoms with van der Waals surface area (Å²) in [7, 11) is 0. The monoisotopic (exact) mass is 613 g/mol. The fraction of sp³-hybridized carbons (Fsp3) is 0. The van der Waals surface area contributed by atoms with Crippen LogP contribution in [0.4, 0.5) is 0 Å². The van der Waals surface area contributed by atoms with Gasteiger partial charge in [0.25, 0.3) is 0 Å². The van der Waals surface area contributed by atoms with Crippen LogP contribution in [0.2, 0.25) is 0 Å². The standard InChI is InChI=1S/C45H31N3/c1-5-13-32(14-6-1)34-21-25-36(26-22-34)40-29-41(37-27-23-35(24-28-37)33-15-7-2-8-16-33)31-42(30-40)45-47-43(38-17-9-3-10-18-38)46-44(48-45)39-19-11-4-12-20-39/h1-31H. The van der Waals surface area contributed by atoms with Crippen molar-refractivity contribution in [3.8, 4) is 78.7 Å². The molecule has 0 aliphatic rings. The molecule has 0 saturated heterocycles. The van der Waals surface area contributed by atoms with Crippen LogP contribution in [0.3, 0.4) is 0 Å². The summed E-state index contributed by atoms with van der Waals surface area (Å²) in [5, 5.41) is 0. The van der Waals surface area contributed by atoms with E-state index in [1.54, 1.807) is 0 Å². The average Bonchev–Trinajstić information content (AvgIpc) is 3.19. The third kappa shape index (κ3) is 6.18. The molecule has 0 spiro atoms. The quantitative estimate of drug-likeness (QED) is 0.179. The van der Waals surface area contributed by atoms with Crippen molar-refractivity contribution < 1.29 is 0 Å². The molecule has 1 heterocycles. The van der Waals surface area contributed by atoms with Crippen LogP contribution in [0.25, 0.3) is 78.7 Å². The molecule has 0 saturated carbocycles. The molecule has 0 radical (unpaired) electrons. The Bertz CT molecular complexity index is 2120. The smallest absolute Gasteiger partial charge is 0.164 e. The molecule has 48 heavy (non-hydrogen) atoms. The molecule has 226 valence electrons. The molecule has 0 unspecified atom stereocenters. The lowest BCUT2D eigenvalue weighted by atomic mass is 9.93. The predicted molar refractivity (Wildman–Crippen MR) is 198 cm³/mol. The lowest BCUT2D eigenvalue weighted by molar-refractivity contribution is 1.07. The molecule has 0 atom stereocenters. The van der Waals surface area contributed by atoms with E-state index in [0.29, 0.717) is 17.5 Å². The van der Waals surface area contributed by atoms with Crippen molar-refractivity contribution in [1.29, 1.82) is 0 Å². The highest BCUT2D eigenvalue weighted by Crippen LogP contribution is 2.35. The van der Waals surface area contributed by atoms with Crippen molar-refractivity contribution in [3.63, 3.8) is 0 Å². The molecule has 0 N–H and O–H groups in total. The topological polar surface area (TPSA) is 38.7 Å². The van der Waals surface area contributed by atoms with Gasteiger partial charge in [0.1, 0.15) is 0 Å². The zero-order valence-electron chi connectivity index (χ0n) is 26.2. The van der Waals surface area contributed by atoms with Crippen molar-refractivity contribution >= 4 is 0 Å². The van der Waals surface area contributed by atoms with E-state index >= 15 is 0 Å². The van der Waals surface area contributed by atoms with Gasteiger partial charge in [0.05, 0.1) is 0 Å². The summed E-state index contributed by atoms with van der Waals surface area (Å²) in [6.07, 6.45) is 0. The van der Waals surface area contributed by atoms with Crippen molar-refractivity contribution in [2.45, 2.75) is 0 Å². The molecular formula is C45H31N3. The van der Waals surface area contributed by atoms with E-state index < -0.39 is 0 Å². The minimum Gasteiger partial charge on any atom is -0.208 e. The summed E-state index contributed by atoms with van der Waals surface area (Å²) in [4.78, 5) is 15.0. The van der Waals surface area contributed by atoms with Gasteiger partial charge in [-0.2, -0.15) is 0 Å². The summed E-state index contributed by atoms with van der Waals surface area (Å²) >= 11 is 0.